The number of carboxylic acid groups (broad SMARTS) is 1. The maximum atomic E-state index is 12.0. The van der Waals surface area contributed by atoms with Crippen molar-refractivity contribution in [3.05, 3.63) is 32.9 Å². The molecule has 0 saturated heterocycles. The monoisotopic (exact) mass is 294 g/mol. The summed E-state index contributed by atoms with van der Waals surface area (Å²) in [6.07, 6.45) is 0.319. The molecule has 2 heterocycles. The molecule has 1 unspecified atom stereocenters. The molecule has 2 aromatic heterocycles. The van der Waals surface area contributed by atoms with Crippen LogP contribution in [0.15, 0.2) is 10.3 Å². The first kappa shape index (κ1) is 14.3. The van der Waals surface area contributed by atoms with Gasteiger partial charge in [-0.05, 0) is 25.8 Å². The number of carboxylic acids is 1. The molecule has 7 nitrogen and oxygen atoms in total. The number of aromatic nitrogens is 4. The van der Waals surface area contributed by atoms with Crippen LogP contribution in [0.5, 0.6) is 0 Å². The average molecular weight is 294 g/mol. The Labute approximate surface area is 118 Å². The van der Waals surface area contributed by atoms with E-state index >= 15 is 0 Å². The minimum Gasteiger partial charge on any atom is -0.481 e. The number of aryl methyl sites for hydroxylation is 1. The van der Waals surface area contributed by atoms with Crippen molar-refractivity contribution >= 4 is 17.3 Å². The summed E-state index contributed by atoms with van der Waals surface area (Å²) in [5.74, 6) is -1.42. The van der Waals surface area contributed by atoms with Crippen molar-refractivity contribution in [1.29, 1.82) is 0 Å². The van der Waals surface area contributed by atoms with Gasteiger partial charge in [0, 0.05) is 11.4 Å². The standard InChI is InChI=1S/C12H14N4O3S/c1-6(10(17)18)4-9-7(2)14-11(19)16(8(9)3)12-15-13-5-20-12/h5-6H,4H2,1-3H3,(H,17,18). The number of aliphatic carboxylic acids is 1. The van der Waals surface area contributed by atoms with Gasteiger partial charge in [-0.25, -0.2) is 9.36 Å². The molecule has 1 N–H and O–H groups in total. The van der Waals surface area contributed by atoms with E-state index < -0.39 is 17.6 Å². The van der Waals surface area contributed by atoms with Crippen molar-refractivity contribution < 1.29 is 9.90 Å². The predicted molar refractivity (Wildman–Crippen MR) is 73.3 cm³/mol. The smallest absolute Gasteiger partial charge is 0.354 e. The van der Waals surface area contributed by atoms with Crippen LogP contribution in [0, 0.1) is 19.8 Å². The molecule has 0 radical (unpaired) electrons. The second-order valence-corrected chi connectivity index (χ2v) is 5.36. The Morgan fingerprint density at radius 1 is 1.50 bits per heavy atom. The molecule has 0 saturated carbocycles. The van der Waals surface area contributed by atoms with Crippen LogP contribution in [0.1, 0.15) is 23.9 Å². The Morgan fingerprint density at radius 3 is 2.75 bits per heavy atom. The van der Waals surface area contributed by atoms with Crippen LogP contribution in [-0.2, 0) is 11.2 Å². The van der Waals surface area contributed by atoms with Gasteiger partial charge in [0.25, 0.3) is 0 Å². The Morgan fingerprint density at radius 2 is 2.20 bits per heavy atom. The van der Waals surface area contributed by atoms with E-state index in [1.807, 2.05) is 0 Å². The van der Waals surface area contributed by atoms with E-state index in [1.165, 1.54) is 21.4 Å². The first-order chi connectivity index (χ1) is 9.41. The maximum Gasteiger partial charge on any atom is 0.354 e. The molecule has 0 bridgehead atoms. The third kappa shape index (κ3) is 2.60. The lowest BCUT2D eigenvalue weighted by Gasteiger charge is -2.15. The number of carbonyl (C=O) groups is 1. The van der Waals surface area contributed by atoms with Gasteiger partial charge in [-0.15, -0.1) is 10.2 Å². The van der Waals surface area contributed by atoms with Gasteiger partial charge in [-0.1, -0.05) is 18.3 Å². The first-order valence-electron chi connectivity index (χ1n) is 6.00. The highest BCUT2D eigenvalue weighted by Crippen LogP contribution is 2.18. The lowest BCUT2D eigenvalue weighted by Crippen LogP contribution is -2.27. The lowest BCUT2D eigenvalue weighted by atomic mass is 9.99. The zero-order chi connectivity index (χ0) is 14.9. The van der Waals surface area contributed by atoms with Crippen molar-refractivity contribution in [2.45, 2.75) is 27.2 Å². The Hall–Kier alpha value is -2.09. The molecular formula is C12H14N4O3S. The summed E-state index contributed by atoms with van der Waals surface area (Å²) in [5.41, 5.74) is 3.08. The summed E-state index contributed by atoms with van der Waals surface area (Å²) in [5, 5.41) is 17.0. The molecule has 0 spiro atoms. The normalized spacial score (nSPS) is 12.3. The Bertz CT molecular complexity index is 693. The highest BCUT2D eigenvalue weighted by atomic mass is 32.1. The largest absolute Gasteiger partial charge is 0.481 e. The SMILES string of the molecule is Cc1nc(=O)n(-c2nncs2)c(C)c1CC(C)C(=O)O. The van der Waals surface area contributed by atoms with Gasteiger partial charge in [0.2, 0.25) is 5.13 Å². The molecule has 0 aliphatic rings. The Kier molecular flexibility index (Phi) is 3.93. The number of rotatable bonds is 4. The third-order valence-corrected chi connectivity index (χ3v) is 3.81. The summed E-state index contributed by atoms with van der Waals surface area (Å²) in [4.78, 5) is 27.0. The van der Waals surface area contributed by atoms with Gasteiger partial charge in [0.1, 0.15) is 5.51 Å². The lowest BCUT2D eigenvalue weighted by molar-refractivity contribution is -0.141. The quantitative estimate of drug-likeness (QED) is 0.902. The second kappa shape index (κ2) is 5.49. The summed E-state index contributed by atoms with van der Waals surface area (Å²) < 4.78 is 1.37. The average Bonchev–Trinajstić information content (AvgIpc) is 2.87. The summed E-state index contributed by atoms with van der Waals surface area (Å²) in [6.45, 7) is 5.10. The first-order valence-corrected chi connectivity index (χ1v) is 6.88. The van der Waals surface area contributed by atoms with E-state index in [0.717, 1.165) is 5.56 Å². The molecule has 0 aromatic carbocycles. The number of hydrogen-bond donors (Lipinski definition) is 1. The van der Waals surface area contributed by atoms with E-state index in [9.17, 15) is 9.59 Å². The zero-order valence-corrected chi connectivity index (χ0v) is 12.1. The predicted octanol–water partition coefficient (Wildman–Crippen LogP) is 0.964. The summed E-state index contributed by atoms with van der Waals surface area (Å²) in [6, 6.07) is 0. The van der Waals surface area contributed by atoms with Crippen LogP contribution in [0.2, 0.25) is 0 Å². The van der Waals surface area contributed by atoms with Crippen LogP contribution < -0.4 is 5.69 Å². The molecule has 8 heteroatoms. The van der Waals surface area contributed by atoms with E-state index in [-0.39, 0.29) is 0 Å². The van der Waals surface area contributed by atoms with Gasteiger partial charge >= 0.3 is 11.7 Å². The van der Waals surface area contributed by atoms with E-state index in [4.69, 9.17) is 5.11 Å². The van der Waals surface area contributed by atoms with Crippen LogP contribution in [0.4, 0.5) is 0 Å². The fraction of sp³-hybridized carbons (Fsp3) is 0.417. The number of nitrogens with zero attached hydrogens (tertiary/aromatic N) is 4. The van der Waals surface area contributed by atoms with Crippen LogP contribution in [-0.4, -0.2) is 30.8 Å². The Balaban J connectivity index is 2.56. The van der Waals surface area contributed by atoms with Crippen LogP contribution in [0.25, 0.3) is 5.13 Å². The number of hydrogen-bond acceptors (Lipinski definition) is 6. The van der Waals surface area contributed by atoms with Crippen LogP contribution in [0.3, 0.4) is 0 Å². The van der Waals surface area contributed by atoms with Crippen molar-refractivity contribution in [3.63, 3.8) is 0 Å². The molecule has 0 aliphatic heterocycles. The van der Waals surface area contributed by atoms with Gasteiger partial charge in [0.15, 0.2) is 0 Å². The topological polar surface area (TPSA) is 98.0 Å². The van der Waals surface area contributed by atoms with E-state index in [1.54, 1.807) is 20.8 Å². The minimum atomic E-state index is -0.877. The molecular weight excluding hydrogens is 280 g/mol. The second-order valence-electron chi connectivity index (χ2n) is 4.54. The highest BCUT2D eigenvalue weighted by Gasteiger charge is 2.19. The van der Waals surface area contributed by atoms with Crippen LogP contribution >= 0.6 is 11.3 Å². The van der Waals surface area contributed by atoms with E-state index in [2.05, 4.69) is 15.2 Å². The molecule has 106 valence electrons. The van der Waals surface area contributed by atoms with E-state index in [0.29, 0.717) is 22.9 Å². The fourth-order valence-corrected chi connectivity index (χ4v) is 2.58. The summed E-state index contributed by atoms with van der Waals surface area (Å²) >= 11 is 1.23. The van der Waals surface area contributed by atoms with Gasteiger partial charge in [0.05, 0.1) is 5.92 Å². The maximum absolute atomic E-state index is 12.0. The van der Waals surface area contributed by atoms with Gasteiger partial charge < -0.3 is 5.11 Å². The van der Waals surface area contributed by atoms with Crippen molar-refractivity contribution in [3.8, 4) is 5.13 Å². The molecule has 2 rings (SSSR count). The molecule has 0 aliphatic carbocycles. The highest BCUT2D eigenvalue weighted by molar-refractivity contribution is 7.11. The van der Waals surface area contributed by atoms with Gasteiger partial charge in [-0.2, -0.15) is 4.98 Å². The van der Waals surface area contributed by atoms with Crippen molar-refractivity contribution in [1.82, 2.24) is 19.7 Å². The fourth-order valence-electron chi connectivity index (χ4n) is 1.98. The molecule has 0 amide bonds. The van der Waals surface area contributed by atoms with Crippen molar-refractivity contribution in [2.24, 2.45) is 5.92 Å². The third-order valence-electron chi connectivity index (χ3n) is 3.14. The molecule has 0 fully saturated rings. The zero-order valence-electron chi connectivity index (χ0n) is 11.3. The summed E-state index contributed by atoms with van der Waals surface area (Å²) in [7, 11) is 0. The van der Waals surface area contributed by atoms with Crippen molar-refractivity contribution in [2.75, 3.05) is 0 Å². The molecule has 2 aromatic rings. The molecule has 20 heavy (non-hydrogen) atoms. The van der Waals surface area contributed by atoms with Gasteiger partial charge in [-0.3, -0.25) is 4.79 Å². The molecule has 1 atom stereocenters. The minimum absolute atomic E-state index is 0.319.